The molecule has 2 atom stereocenters. The average Bonchev–Trinajstić information content (AvgIpc) is 2.53. The van der Waals surface area contributed by atoms with Crippen LogP contribution in [0.1, 0.15) is 25.7 Å². The minimum Gasteiger partial charge on any atom is -0.480 e. The summed E-state index contributed by atoms with van der Waals surface area (Å²) in [4.78, 5) is 29.5. The van der Waals surface area contributed by atoms with Crippen molar-refractivity contribution in [3.8, 4) is 0 Å². The summed E-state index contributed by atoms with van der Waals surface area (Å²) in [6.45, 7) is 0.326. The van der Waals surface area contributed by atoms with Crippen molar-refractivity contribution in [2.75, 3.05) is 25.1 Å². The Morgan fingerprint density at radius 2 is 1.33 bits per heavy atom. The number of thioether (sulfide) groups is 1. The zero-order valence-electron chi connectivity index (χ0n) is 13.9. The van der Waals surface area contributed by atoms with Gasteiger partial charge in [0.25, 0.3) is 0 Å². The summed E-state index contributed by atoms with van der Waals surface area (Å²) in [5.74, 6) is -2.00. The lowest BCUT2D eigenvalue weighted by Crippen LogP contribution is -2.30. The molecule has 0 aliphatic carbocycles. The van der Waals surface area contributed by atoms with E-state index in [0.717, 1.165) is 18.6 Å². The van der Waals surface area contributed by atoms with Crippen LogP contribution >= 0.6 is 11.8 Å². The van der Waals surface area contributed by atoms with Gasteiger partial charge in [-0.3, -0.25) is 14.4 Å². The molecule has 11 N–H and O–H groups in total. The smallest absolute Gasteiger partial charge is 0.320 e. The van der Waals surface area contributed by atoms with Crippen molar-refractivity contribution in [3.63, 3.8) is 0 Å². The zero-order valence-corrected chi connectivity index (χ0v) is 14.7. The molecule has 0 amide bonds. The van der Waals surface area contributed by atoms with Gasteiger partial charge in [0.05, 0.1) is 6.54 Å². The molecule has 0 unspecified atom stereocenters. The van der Waals surface area contributed by atoms with Crippen LogP contribution in [0.15, 0.2) is 0 Å². The monoisotopic (exact) mass is 370 g/mol. The second-order valence-electron chi connectivity index (χ2n) is 4.55. The Balaban J connectivity index is -0.000000291. The highest BCUT2D eigenvalue weighted by atomic mass is 32.2. The molecule has 0 saturated carbocycles. The Morgan fingerprint density at radius 1 is 0.917 bits per heavy atom. The normalized spacial score (nSPS) is 11.9. The Labute approximate surface area is 145 Å². The summed E-state index contributed by atoms with van der Waals surface area (Å²) in [6, 6.07) is -1.40. The molecule has 0 aliphatic rings. The van der Waals surface area contributed by atoms with E-state index in [1.807, 2.05) is 6.26 Å². The summed E-state index contributed by atoms with van der Waals surface area (Å²) in [5.41, 5.74) is 20.2. The quantitative estimate of drug-likeness (QED) is 0.224. The van der Waals surface area contributed by atoms with E-state index in [1.54, 1.807) is 11.8 Å². The number of carbonyl (C=O) groups is 3. The van der Waals surface area contributed by atoms with E-state index in [-0.39, 0.29) is 6.54 Å². The Hall–Kier alpha value is -1.40. The summed E-state index contributed by atoms with van der Waals surface area (Å²) < 4.78 is 0. The van der Waals surface area contributed by atoms with E-state index < -0.39 is 30.0 Å². The van der Waals surface area contributed by atoms with E-state index >= 15 is 0 Å². The third-order valence-electron chi connectivity index (χ3n) is 2.41. The number of rotatable bonds is 10. The molecule has 0 fully saturated rings. The van der Waals surface area contributed by atoms with Gasteiger partial charge >= 0.3 is 17.9 Å². The summed E-state index contributed by atoms with van der Waals surface area (Å²) in [6.07, 6.45) is 4.64. The van der Waals surface area contributed by atoms with Crippen LogP contribution in [0.4, 0.5) is 0 Å². The van der Waals surface area contributed by atoms with Gasteiger partial charge in [0.1, 0.15) is 12.1 Å². The van der Waals surface area contributed by atoms with Gasteiger partial charge in [-0.25, -0.2) is 0 Å². The first-order chi connectivity index (χ1) is 11.1. The summed E-state index contributed by atoms with van der Waals surface area (Å²) >= 11 is 1.60. The van der Waals surface area contributed by atoms with Crippen LogP contribution < -0.4 is 22.9 Å². The van der Waals surface area contributed by atoms with Crippen LogP contribution in [-0.2, 0) is 14.4 Å². The first kappa shape index (κ1) is 27.4. The Bertz CT molecular complexity index is 346. The minimum atomic E-state index is -0.968. The molecule has 0 radical (unpaired) electrons. The fraction of sp³-hybridized carbons (Fsp3) is 0.769. The number of hydrogen-bond acceptors (Lipinski definition) is 8. The molecule has 0 aromatic heterocycles. The molecular formula is C13H30N4O6S. The van der Waals surface area contributed by atoms with E-state index in [9.17, 15) is 14.4 Å². The fourth-order valence-corrected chi connectivity index (χ4v) is 1.49. The van der Waals surface area contributed by atoms with Crippen molar-refractivity contribution in [3.05, 3.63) is 0 Å². The first-order valence-electron chi connectivity index (χ1n) is 7.21. The summed E-state index contributed by atoms with van der Waals surface area (Å²) in [7, 11) is 0. The Morgan fingerprint density at radius 3 is 1.62 bits per heavy atom. The number of carboxylic acid groups (broad SMARTS) is 3. The van der Waals surface area contributed by atoms with Crippen molar-refractivity contribution < 1.29 is 29.7 Å². The molecule has 0 bridgehead atoms. The van der Waals surface area contributed by atoms with Gasteiger partial charge in [0, 0.05) is 0 Å². The molecular weight excluding hydrogens is 340 g/mol. The van der Waals surface area contributed by atoms with Crippen molar-refractivity contribution in [1.29, 1.82) is 0 Å². The topological polar surface area (TPSA) is 216 Å². The highest BCUT2D eigenvalue weighted by Crippen LogP contribution is 1.98. The molecule has 144 valence electrons. The van der Waals surface area contributed by atoms with Crippen LogP contribution in [0.3, 0.4) is 0 Å². The van der Waals surface area contributed by atoms with Crippen molar-refractivity contribution in [1.82, 2.24) is 0 Å². The molecule has 0 aliphatic heterocycles. The highest BCUT2D eigenvalue weighted by molar-refractivity contribution is 7.98. The highest BCUT2D eigenvalue weighted by Gasteiger charge is 2.09. The van der Waals surface area contributed by atoms with Crippen LogP contribution in [0.2, 0.25) is 0 Å². The van der Waals surface area contributed by atoms with Crippen molar-refractivity contribution in [2.24, 2.45) is 22.9 Å². The average molecular weight is 370 g/mol. The van der Waals surface area contributed by atoms with Crippen LogP contribution in [0, 0.1) is 0 Å². The molecule has 10 nitrogen and oxygen atoms in total. The standard InChI is InChI=1S/C6H14N2O2.C5H11NO2S.C2H5NO2/c7-4-2-1-3-5(8)6(9)10;1-9-3-2-4(6)5(7)8;3-1-2(4)5/h5H,1-4,7-8H2,(H,9,10);4H,2-3,6H2,1H3,(H,7,8);1,3H2,(H,4,5)/t5-;4-;/m00./s1. The van der Waals surface area contributed by atoms with Crippen molar-refractivity contribution >= 4 is 29.7 Å². The van der Waals surface area contributed by atoms with Gasteiger partial charge in [-0.1, -0.05) is 6.42 Å². The maximum Gasteiger partial charge on any atom is 0.320 e. The molecule has 0 aromatic rings. The number of hydrogen-bond donors (Lipinski definition) is 7. The molecule has 0 spiro atoms. The van der Waals surface area contributed by atoms with Gasteiger partial charge in [-0.05, 0) is 37.8 Å². The molecule has 0 rings (SSSR count). The first-order valence-corrected chi connectivity index (χ1v) is 8.60. The van der Waals surface area contributed by atoms with E-state index in [0.29, 0.717) is 19.4 Å². The number of nitrogens with two attached hydrogens (primary N) is 4. The maximum absolute atomic E-state index is 10.1. The SMILES string of the molecule is CSCC[C@H](N)C(=O)O.NCC(=O)O.NCCCC[C@H](N)C(=O)O. The van der Waals surface area contributed by atoms with E-state index in [2.05, 4.69) is 5.73 Å². The lowest BCUT2D eigenvalue weighted by molar-refractivity contribution is -0.139. The largest absolute Gasteiger partial charge is 0.480 e. The number of aliphatic carboxylic acids is 3. The Kier molecular flexibility index (Phi) is 22.5. The molecule has 0 aromatic carbocycles. The molecule has 0 heterocycles. The van der Waals surface area contributed by atoms with Gasteiger partial charge in [-0.2, -0.15) is 11.8 Å². The van der Waals surface area contributed by atoms with Gasteiger partial charge in [0.15, 0.2) is 0 Å². The number of carboxylic acids is 3. The lowest BCUT2D eigenvalue weighted by atomic mass is 10.1. The summed E-state index contributed by atoms with van der Waals surface area (Å²) in [5, 5.41) is 24.2. The predicted octanol–water partition coefficient (Wildman–Crippen LogP) is -1.29. The van der Waals surface area contributed by atoms with Gasteiger partial charge in [-0.15, -0.1) is 0 Å². The van der Waals surface area contributed by atoms with Gasteiger partial charge < -0.3 is 38.3 Å². The van der Waals surface area contributed by atoms with Crippen LogP contribution in [-0.4, -0.2) is 70.4 Å². The van der Waals surface area contributed by atoms with Crippen LogP contribution in [0.25, 0.3) is 0 Å². The molecule has 0 saturated heterocycles. The van der Waals surface area contributed by atoms with Crippen molar-refractivity contribution in [2.45, 2.75) is 37.8 Å². The third kappa shape index (κ3) is 25.5. The minimum absolute atomic E-state index is 0.278. The maximum atomic E-state index is 10.1. The number of unbranched alkanes of at least 4 members (excludes halogenated alkanes) is 1. The van der Waals surface area contributed by atoms with Gasteiger partial charge in [0.2, 0.25) is 0 Å². The second kappa shape index (κ2) is 19.6. The predicted molar refractivity (Wildman–Crippen MR) is 93.8 cm³/mol. The van der Waals surface area contributed by atoms with Crippen LogP contribution in [0.5, 0.6) is 0 Å². The molecule has 24 heavy (non-hydrogen) atoms. The molecule has 11 heteroatoms. The fourth-order valence-electron chi connectivity index (χ4n) is 1.00. The third-order valence-corrected chi connectivity index (χ3v) is 3.06. The zero-order chi connectivity index (χ0) is 19.5. The van der Waals surface area contributed by atoms with E-state index in [1.165, 1.54) is 0 Å². The lowest BCUT2D eigenvalue weighted by Gasteiger charge is -2.03. The van der Waals surface area contributed by atoms with E-state index in [4.69, 9.17) is 32.5 Å². The second-order valence-corrected chi connectivity index (χ2v) is 5.54.